The van der Waals surface area contributed by atoms with Crippen molar-refractivity contribution in [3.05, 3.63) is 82.6 Å². The summed E-state index contributed by atoms with van der Waals surface area (Å²) in [6.45, 7) is 0.662. The van der Waals surface area contributed by atoms with Crippen LogP contribution in [0, 0.1) is 0 Å². The lowest BCUT2D eigenvalue weighted by Crippen LogP contribution is -2.04. The van der Waals surface area contributed by atoms with Gasteiger partial charge in [0.1, 0.15) is 5.69 Å². The number of nitrogens with zero attached hydrogens (tertiary/aromatic N) is 3. The van der Waals surface area contributed by atoms with Crippen LogP contribution in [0.3, 0.4) is 0 Å². The number of pyridine rings is 1. The van der Waals surface area contributed by atoms with Crippen LogP contribution in [0.15, 0.2) is 71.5 Å². The van der Waals surface area contributed by atoms with Crippen LogP contribution in [-0.4, -0.2) is 14.5 Å². The summed E-state index contributed by atoms with van der Waals surface area (Å²) in [7, 11) is 0. The van der Waals surface area contributed by atoms with Gasteiger partial charge in [0.05, 0.1) is 11.3 Å². The number of aromatic nitrogens is 3. The second-order valence-electron chi connectivity index (χ2n) is 6.14. The molecular weight excluding hydrogens is 419 g/mol. The van der Waals surface area contributed by atoms with E-state index in [4.69, 9.17) is 0 Å². The lowest BCUT2D eigenvalue weighted by atomic mass is 10.1. The van der Waals surface area contributed by atoms with Gasteiger partial charge in [-0.2, -0.15) is 13.2 Å². The van der Waals surface area contributed by atoms with Gasteiger partial charge in [0.2, 0.25) is 0 Å². The summed E-state index contributed by atoms with van der Waals surface area (Å²) in [6, 6.07) is 14.9. The highest BCUT2D eigenvalue weighted by Crippen LogP contribution is 2.32. The largest absolute Gasteiger partial charge is 0.416 e. The van der Waals surface area contributed by atoms with Gasteiger partial charge in [-0.25, -0.2) is 9.97 Å². The van der Waals surface area contributed by atoms with Crippen molar-refractivity contribution in [2.24, 2.45) is 0 Å². The Labute approximate surface area is 162 Å². The number of hydrogen-bond donors (Lipinski definition) is 0. The molecule has 0 aliphatic carbocycles. The van der Waals surface area contributed by atoms with Crippen molar-refractivity contribution in [2.45, 2.75) is 12.7 Å². The van der Waals surface area contributed by atoms with Gasteiger partial charge >= 0.3 is 6.18 Å². The number of imidazole rings is 1. The first kappa shape index (κ1) is 17.7. The highest BCUT2D eigenvalue weighted by molar-refractivity contribution is 9.10. The molecule has 0 radical (unpaired) electrons. The zero-order valence-electron chi connectivity index (χ0n) is 13.9. The molecule has 0 saturated heterocycles. The number of halogens is 4. The van der Waals surface area contributed by atoms with Gasteiger partial charge in [0.15, 0.2) is 5.82 Å². The van der Waals surface area contributed by atoms with E-state index >= 15 is 0 Å². The number of benzene rings is 2. The molecule has 2 heterocycles. The standard InChI is InChI=1S/C20H13BrF3N3/c21-16-6-4-13(5-7-16)11-27-9-8-17-18(12-27)26-19(25-17)14-2-1-3-15(10-14)20(22,23)24/h1-10,12H,11H2. The molecule has 27 heavy (non-hydrogen) atoms. The monoisotopic (exact) mass is 431 g/mol. The van der Waals surface area contributed by atoms with Crippen LogP contribution >= 0.6 is 15.9 Å². The number of fused-ring (bicyclic) bond motifs is 1. The topological polar surface area (TPSA) is 30.7 Å². The molecule has 0 fully saturated rings. The fourth-order valence-electron chi connectivity index (χ4n) is 2.81. The molecular formula is C20H13BrF3N3. The molecule has 0 unspecified atom stereocenters. The van der Waals surface area contributed by atoms with E-state index in [1.165, 1.54) is 6.07 Å². The van der Waals surface area contributed by atoms with Crippen LogP contribution in [-0.2, 0) is 12.7 Å². The zero-order valence-corrected chi connectivity index (χ0v) is 15.5. The SMILES string of the molecule is FC(F)(F)c1cccc(-c2nc3ccn(Cc4ccc(Br)cc4)cc-3n2)c1. The summed E-state index contributed by atoms with van der Waals surface area (Å²) in [5, 5.41) is 0. The first-order valence-electron chi connectivity index (χ1n) is 8.14. The van der Waals surface area contributed by atoms with Crippen LogP contribution in [0.1, 0.15) is 11.1 Å². The van der Waals surface area contributed by atoms with E-state index in [-0.39, 0.29) is 5.82 Å². The fraction of sp³-hybridized carbons (Fsp3) is 0.100. The van der Waals surface area contributed by atoms with Crippen molar-refractivity contribution in [2.75, 3.05) is 0 Å². The number of rotatable bonds is 3. The van der Waals surface area contributed by atoms with E-state index in [2.05, 4.69) is 25.9 Å². The minimum Gasteiger partial charge on any atom is -0.348 e. The Bertz CT molecular complexity index is 1050. The predicted octanol–water partition coefficient (Wildman–Crippen LogP) is 5.88. The van der Waals surface area contributed by atoms with Crippen LogP contribution in [0.5, 0.6) is 0 Å². The third kappa shape index (κ3) is 3.88. The van der Waals surface area contributed by atoms with Crippen LogP contribution in [0.2, 0.25) is 0 Å². The van der Waals surface area contributed by atoms with E-state index in [1.807, 2.05) is 47.3 Å². The van der Waals surface area contributed by atoms with Gasteiger partial charge in [-0.15, -0.1) is 0 Å². The van der Waals surface area contributed by atoms with Gasteiger partial charge in [-0.3, -0.25) is 0 Å². The Kier molecular flexibility index (Phi) is 4.47. The van der Waals surface area contributed by atoms with E-state index in [9.17, 15) is 13.2 Å². The average Bonchev–Trinajstić information content (AvgIpc) is 3.06. The van der Waals surface area contributed by atoms with Crippen molar-refractivity contribution in [3.8, 4) is 22.8 Å². The molecule has 2 aliphatic heterocycles. The van der Waals surface area contributed by atoms with Gasteiger partial charge < -0.3 is 4.57 Å². The summed E-state index contributed by atoms with van der Waals surface area (Å²) >= 11 is 3.41. The van der Waals surface area contributed by atoms with E-state index < -0.39 is 11.7 Å². The average molecular weight is 432 g/mol. The molecule has 4 rings (SSSR count). The predicted molar refractivity (Wildman–Crippen MR) is 100 cm³/mol. The summed E-state index contributed by atoms with van der Waals surface area (Å²) in [4.78, 5) is 8.78. The van der Waals surface area contributed by atoms with Crippen molar-refractivity contribution < 1.29 is 13.2 Å². The highest BCUT2D eigenvalue weighted by atomic mass is 79.9. The zero-order chi connectivity index (χ0) is 19.0. The van der Waals surface area contributed by atoms with Crippen molar-refractivity contribution in [1.82, 2.24) is 14.5 Å². The summed E-state index contributed by atoms with van der Waals surface area (Å²) in [5.74, 6) is 0.289. The van der Waals surface area contributed by atoms with Crippen LogP contribution in [0.4, 0.5) is 13.2 Å². The highest BCUT2D eigenvalue weighted by Gasteiger charge is 2.30. The van der Waals surface area contributed by atoms with Gasteiger partial charge in [-0.05, 0) is 35.9 Å². The Balaban J connectivity index is 1.65. The lowest BCUT2D eigenvalue weighted by Gasteiger charge is -2.08. The van der Waals surface area contributed by atoms with Gasteiger partial charge in [0.25, 0.3) is 0 Å². The van der Waals surface area contributed by atoms with Crippen LogP contribution < -0.4 is 0 Å². The van der Waals surface area contributed by atoms with Crippen molar-refractivity contribution >= 4 is 15.9 Å². The fourth-order valence-corrected chi connectivity index (χ4v) is 3.08. The maximum Gasteiger partial charge on any atom is 0.416 e. The molecule has 0 amide bonds. The minimum atomic E-state index is -4.39. The Hall–Kier alpha value is -2.67. The number of alkyl halides is 3. The molecule has 0 spiro atoms. The van der Waals surface area contributed by atoms with Crippen molar-refractivity contribution in [3.63, 3.8) is 0 Å². The third-order valence-electron chi connectivity index (χ3n) is 4.15. The molecule has 2 aromatic carbocycles. The van der Waals surface area contributed by atoms with Gasteiger partial charge in [-0.1, -0.05) is 40.2 Å². The molecule has 0 atom stereocenters. The van der Waals surface area contributed by atoms with Crippen LogP contribution in [0.25, 0.3) is 22.8 Å². The number of hydrogen-bond acceptors (Lipinski definition) is 2. The maximum atomic E-state index is 12.9. The first-order valence-corrected chi connectivity index (χ1v) is 8.93. The molecule has 3 nitrogen and oxygen atoms in total. The van der Waals surface area contributed by atoms with E-state index in [0.717, 1.165) is 22.2 Å². The summed E-state index contributed by atoms with van der Waals surface area (Å²) in [5.41, 5.74) is 2.05. The van der Waals surface area contributed by atoms with Gasteiger partial charge in [0, 0.05) is 29.0 Å². The normalized spacial score (nSPS) is 11.9. The maximum absolute atomic E-state index is 12.9. The molecule has 0 bridgehead atoms. The molecule has 7 heteroatoms. The van der Waals surface area contributed by atoms with E-state index in [0.29, 0.717) is 23.5 Å². The quantitative estimate of drug-likeness (QED) is 0.405. The second kappa shape index (κ2) is 6.81. The smallest absolute Gasteiger partial charge is 0.348 e. The lowest BCUT2D eigenvalue weighted by molar-refractivity contribution is -0.137. The molecule has 0 N–H and O–H groups in total. The molecule has 136 valence electrons. The molecule has 0 saturated carbocycles. The van der Waals surface area contributed by atoms with E-state index in [1.54, 1.807) is 6.07 Å². The molecule has 0 aromatic heterocycles. The Morgan fingerprint density at radius 3 is 2.41 bits per heavy atom. The molecule has 2 aliphatic rings. The molecule has 2 aromatic rings. The Morgan fingerprint density at radius 2 is 1.67 bits per heavy atom. The minimum absolute atomic E-state index is 0.289. The summed E-state index contributed by atoms with van der Waals surface area (Å²) in [6.07, 6.45) is -0.661. The van der Waals surface area contributed by atoms with Crippen molar-refractivity contribution in [1.29, 1.82) is 0 Å². The Morgan fingerprint density at radius 1 is 0.926 bits per heavy atom. The second-order valence-corrected chi connectivity index (χ2v) is 7.06. The third-order valence-corrected chi connectivity index (χ3v) is 4.68. The first-order chi connectivity index (χ1) is 12.9. The summed E-state index contributed by atoms with van der Waals surface area (Å²) < 4.78 is 41.8.